The summed E-state index contributed by atoms with van der Waals surface area (Å²) in [5, 5.41) is 1.02. The van der Waals surface area contributed by atoms with E-state index in [4.69, 9.17) is 4.74 Å². The molecule has 118 valence electrons. The first-order chi connectivity index (χ1) is 11.2. The lowest BCUT2D eigenvalue weighted by atomic mass is 10.1. The van der Waals surface area contributed by atoms with Crippen molar-refractivity contribution in [2.45, 2.75) is 26.8 Å². The van der Waals surface area contributed by atoms with Crippen LogP contribution < -0.4 is 4.74 Å². The van der Waals surface area contributed by atoms with E-state index in [9.17, 15) is 4.79 Å². The van der Waals surface area contributed by atoms with Gasteiger partial charge in [0.05, 0.1) is 12.1 Å². The van der Waals surface area contributed by atoms with Gasteiger partial charge in [-0.15, -0.1) is 0 Å². The van der Waals surface area contributed by atoms with Crippen LogP contribution in [0.5, 0.6) is 5.75 Å². The zero-order chi connectivity index (χ0) is 16.2. The van der Waals surface area contributed by atoms with Crippen LogP contribution in [-0.2, 0) is 13.0 Å². The highest BCUT2D eigenvalue weighted by molar-refractivity contribution is 5.98. The van der Waals surface area contributed by atoms with Gasteiger partial charge in [0, 0.05) is 17.1 Å². The molecule has 0 saturated heterocycles. The van der Waals surface area contributed by atoms with Gasteiger partial charge < -0.3 is 9.30 Å². The van der Waals surface area contributed by atoms with Gasteiger partial charge in [-0.05, 0) is 31.0 Å². The number of carbonyl (C=O) groups excluding carboxylic acids is 1. The molecule has 3 nitrogen and oxygen atoms in total. The molecule has 1 heterocycles. The van der Waals surface area contributed by atoms with E-state index in [1.807, 2.05) is 42.6 Å². The molecule has 0 fully saturated rings. The van der Waals surface area contributed by atoms with Crippen LogP contribution in [0.1, 0.15) is 28.4 Å². The molecule has 0 radical (unpaired) electrons. The number of aromatic nitrogens is 1. The zero-order valence-electron chi connectivity index (χ0n) is 13.6. The summed E-state index contributed by atoms with van der Waals surface area (Å²) in [4.78, 5) is 11.3. The lowest BCUT2D eigenvalue weighted by molar-refractivity contribution is 0.112. The highest BCUT2D eigenvalue weighted by atomic mass is 16.5. The molecule has 0 aliphatic rings. The maximum atomic E-state index is 11.3. The molecule has 0 saturated carbocycles. The van der Waals surface area contributed by atoms with E-state index in [0.717, 1.165) is 41.5 Å². The fourth-order valence-electron chi connectivity index (χ4n) is 2.92. The molecule has 0 spiro atoms. The second-order valence-electron chi connectivity index (χ2n) is 5.72. The van der Waals surface area contributed by atoms with Crippen molar-refractivity contribution in [3.8, 4) is 5.75 Å². The van der Waals surface area contributed by atoms with Crippen LogP contribution >= 0.6 is 0 Å². The Morgan fingerprint density at radius 2 is 1.91 bits per heavy atom. The number of nitrogens with zero attached hydrogens (tertiary/aromatic N) is 1. The van der Waals surface area contributed by atoms with Gasteiger partial charge in [-0.2, -0.15) is 0 Å². The second kappa shape index (κ2) is 6.69. The summed E-state index contributed by atoms with van der Waals surface area (Å²) in [6.07, 6.45) is 3.80. The van der Waals surface area contributed by atoms with Gasteiger partial charge in [0.15, 0.2) is 6.29 Å². The van der Waals surface area contributed by atoms with E-state index in [2.05, 4.69) is 24.5 Å². The van der Waals surface area contributed by atoms with E-state index in [-0.39, 0.29) is 0 Å². The monoisotopic (exact) mass is 307 g/mol. The van der Waals surface area contributed by atoms with Crippen molar-refractivity contribution in [2.75, 3.05) is 6.61 Å². The summed E-state index contributed by atoms with van der Waals surface area (Å²) in [5.41, 5.74) is 4.36. The first-order valence-corrected chi connectivity index (χ1v) is 7.98. The summed E-state index contributed by atoms with van der Waals surface area (Å²) in [6, 6.07) is 14.2. The van der Waals surface area contributed by atoms with Gasteiger partial charge in [0.2, 0.25) is 0 Å². The summed E-state index contributed by atoms with van der Waals surface area (Å²) >= 11 is 0. The fraction of sp³-hybridized carbons (Fsp3) is 0.250. The largest absolute Gasteiger partial charge is 0.492 e. The Bertz CT molecular complexity index is 816. The van der Waals surface area contributed by atoms with Gasteiger partial charge in [-0.25, -0.2) is 0 Å². The van der Waals surface area contributed by atoms with E-state index in [1.54, 1.807) is 0 Å². The first-order valence-electron chi connectivity index (χ1n) is 7.98. The summed E-state index contributed by atoms with van der Waals surface area (Å²) in [5.74, 6) is 0.874. The Morgan fingerprint density at radius 3 is 2.61 bits per heavy atom. The van der Waals surface area contributed by atoms with Crippen molar-refractivity contribution in [1.29, 1.82) is 0 Å². The van der Waals surface area contributed by atoms with Crippen LogP contribution in [0.2, 0.25) is 0 Å². The highest BCUT2D eigenvalue weighted by Crippen LogP contribution is 2.24. The van der Waals surface area contributed by atoms with E-state index in [0.29, 0.717) is 6.61 Å². The van der Waals surface area contributed by atoms with Crippen LogP contribution in [0.4, 0.5) is 0 Å². The number of ether oxygens (including phenoxy) is 1. The molecule has 3 rings (SSSR count). The molecule has 0 amide bonds. The van der Waals surface area contributed by atoms with Gasteiger partial charge in [0.25, 0.3) is 0 Å². The standard InChI is InChI=1S/C20H21NO2/c1-3-16-5-4-6-19-17(14-22)13-21(20(16)19)11-12-23-18-9-7-15(2)8-10-18/h4-10,13-14H,3,11-12H2,1-2H3. The predicted octanol–water partition coefficient (Wildman–Crippen LogP) is 4.40. The molecule has 3 aromatic rings. The molecular weight excluding hydrogens is 286 g/mol. The first kappa shape index (κ1) is 15.3. The predicted molar refractivity (Wildman–Crippen MR) is 93.4 cm³/mol. The Hall–Kier alpha value is -2.55. The molecular formula is C20H21NO2. The Morgan fingerprint density at radius 1 is 1.13 bits per heavy atom. The van der Waals surface area contributed by atoms with E-state index >= 15 is 0 Å². The normalized spacial score (nSPS) is 10.9. The number of aldehydes is 1. The summed E-state index contributed by atoms with van der Waals surface area (Å²) < 4.78 is 7.95. The summed E-state index contributed by atoms with van der Waals surface area (Å²) in [6.45, 7) is 5.48. The number of carbonyl (C=O) groups is 1. The molecule has 0 atom stereocenters. The topological polar surface area (TPSA) is 31.2 Å². The third-order valence-electron chi connectivity index (χ3n) is 4.14. The lowest BCUT2D eigenvalue weighted by Gasteiger charge is -2.10. The minimum absolute atomic E-state index is 0.573. The number of aryl methyl sites for hydroxylation is 2. The smallest absolute Gasteiger partial charge is 0.152 e. The lowest BCUT2D eigenvalue weighted by Crippen LogP contribution is -2.08. The summed E-state index contributed by atoms with van der Waals surface area (Å²) in [7, 11) is 0. The van der Waals surface area contributed by atoms with Crippen LogP contribution in [0.25, 0.3) is 10.9 Å². The minimum atomic E-state index is 0.573. The molecule has 0 aliphatic heterocycles. The van der Waals surface area contributed by atoms with Crippen molar-refractivity contribution < 1.29 is 9.53 Å². The molecule has 2 aromatic carbocycles. The van der Waals surface area contributed by atoms with Crippen molar-refractivity contribution >= 4 is 17.2 Å². The third-order valence-corrected chi connectivity index (χ3v) is 4.14. The maximum Gasteiger partial charge on any atom is 0.152 e. The third kappa shape index (κ3) is 3.14. The Labute approximate surface area is 136 Å². The SMILES string of the molecule is CCc1cccc2c(C=O)cn(CCOc3ccc(C)cc3)c12. The molecule has 3 heteroatoms. The van der Waals surface area contributed by atoms with E-state index < -0.39 is 0 Å². The zero-order valence-corrected chi connectivity index (χ0v) is 13.6. The Kier molecular flexibility index (Phi) is 4.47. The number of hydrogen-bond donors (Lipinski definition) is 0. The fourth-order valence-corrected chi connectivity index (χ4v) is 2.92. The van der Waals surface area contributed by atoms with Crippen molar-refractivity contribution in [2.24, 2.45) is 0 Å². The van der Waals surface area contributed by atoms with Crippen molar-refractivity contribution in [1.82, 2.24) is 4.57 Å². The van der Waals surface area contributed by atoms with Crippen LogP contribution in [0.3, 0.4) is 0 Å². The molecule has 0 N–H and O–H groups in total. The average Bonchev–Trinajstić information content (AvgIpc) is 2.95. The molecule has 1 aromatic heterocycles. The number of para-hydroxylation sites is 1. The van der Waals surface area contributed by atoms with Crippen LogP contribution in [-0.4, -0.2) is 17.5 Å². The molecule has 0 bridgehead atoms. The highest BCUT2D eigenvalue weighted by Gasteiger charge is 2.11. The van der Waals surface area contributed by atoms with Crippen molar-refractivity contribution in [3.63, 3.8) is 0 Å². The van der Waals surface area contributed by atoms with Gasteiger partial charge in [-0.3, -0.25) is 4.79 Å². The molecule has 23 heavy (non-hydrogen) atoms. The molecule has 0 aliphatic carbocycles. The second-order valence-corrected chi connectivity index (χ2v) is 5.72. The van der Waals surface area contributed by atoms with Gasteiger partial charge in [0.1, 0.15) is 12.4 Å². The van der Waals surface area contributed by atoms with Crippen LogP contribution in [0.15, 0.2) is 48.7 Å². The number of rotatable bonds is 6. The maximum absolute atomic E-state index is 11.3. The van der Waals surface area contributed by atoms with E-state index in [1.165, 1.54) is 11.1 Å². The van der Waals surface area contributed by atoms with Crippen LogP contribution in [0, 0.1) is 6.92 Å². The van der Waals surface area contributed by atoms with Crippen molar-refractivity contribution in [3.05, 3.63) is 65.4 Å². The number of benzene rings is 2. The quantitative estimate of drug-likeness (QED) is 0.632. The number of hydrogen-bond acceptors (Lipinski definition) is 2. The Balaban J connectivity index is 1.82. The molecule has 0 unspecified atom stereocenters. The van der Waals surface area contributed by atoms with Gasteiger partial charge in [-0.1, -0.05) is 42.8 Å². The van der Waals surface area contributed by atoms with Gasteiger partial charge >= 0.3 is 0 Å². The average molecular weight is 307 g/mol. The number of fused-ring (bicyclic) bond motifs is 1. The minimum Gasteiger partial charge on any atom is -0.492 e.